The minimum Gasteiger partial charge on any atom is -0.390 e. The zero-order valence-corrected chi connectivity index (χ0v) is 70.1. The summed E-state index contributed by atoms with van der Waals surface area (Å²) in [5, 5.41) is 25.7. The third-order valence-electron chi connectivity index (χ3n) is 19.5. The number of benzene rings is 2. The molecule has 0 radical (unpaired) electrons. The van der Waals surface area contributed by atoms with Crippen molar-refractivity contribution in [1.29, 1.82) is 0 Å². The van der Waals surface area contributed by atoms with Gasteiger partial charge in [0.15, 0.2) is 0 Å². The van der Waals surface area contributed by atoms with Crippen LogP contribution in [0.3, 0.4) is 0 Å². The van der Waals surface area contributed by atoms with Crippen LogP contribution in [0.1, 0.15) is 183 Å². The van der Waals surface area contributed by atoms with E-state index in [2.05, 4.69) is 114 Å². The van der Waals surface area contributed by atoms with E-state index in [4.69, 9.17) is 0 Å². The largest absolute Gasteiger partial charge is 0.390 e. The van der Waals surface area contributed by atoms with E-state index >= 15 is 9.59 Å². The Morgan fingerprint density at radius 1 is 0.533 bits per heavy atom. The molecule has 2 aromatic carbocycles. The molecule has 1 fully saturated rings. The molecule has 2 aromatic rings. The van der Waals surface area contributed by atoms with Crippen LogP contribution in [-0.2, 0) is 59.3 Å². The maximum absolute atomic E-state index is 15.1. The van der Waals surface area contributed by atoms with E-state index in [0.717, 1.165) is 22.9 Å². The highest BCUT2D eigenvalue weighted by Crippen LogP contribution is 2.27. The molecule has 107 heavy (non-hydrogen) atoms. The van der Waals surface area contributed by atoms with Gasteiger partial charge >= 0.3 is 0 Å². The van der Waals surface area contributed by atoms with E-state index < -0.39 is 156 Å². The lowest BCUT2D eigenvalue weighted by atomic mass is 9.91. The molecule has 0 aliphatic carbocycles. The Morgan fingerprint density at radius 2 is 1.01 bits per heavy atom. The van der Waals surface area contributed by atoms with Gasteiger partial charge in [-0.3, -0.25) is 57.6 Å². The molecule has 0 unspecified atom stereocenters. The molecule has 5 N–H and O–H groups in total. The van der Waals surface area contributed by atoms with Crippen LogP contribution < -0.4 is 21.3 Å². The molecule has 1 heterocycles. The predicted molar refractivity (Wildman–Crippen MR) is 425 cm³/mol. The van der Waals surface area contributed by atoms with E-state index in [0.29, 0.717) is 6.42 Å². The van der Waals surface area contributed by atoms with Crippen LogP contribution in [-0.4, -0.2) is 245 Å². The molecule has 12 atom stereocenters. The number of fused-ring (bicyclic) bond motifs is 1. The summed E-state index contributed by atoms with van der Waals surface area (Å²) >= 11 is 0. The summed E-state index contributed by atoms with van der Waals surface area (Å²) in [7, 11) is 12.1. The summed E-state index contributed by atoms with van der Waals surface area (Å²) in [5.41, 5.74) is 1.44. The molecule has 24 heteroatoms. The van der Waals surface area contributed by atoms with Crippen LogP contribution in [0.5, 0.6) is 0 Å². The fourth-order valence-corrected chi connectivity index (χ4v) is 13.0. The van der Waals surface area contributed by atoms with Gasteiger partial charge < -0.3 is 60.7 Å². The fraction of sp³-hybridized carbons (Fsp3) is 0.675. The Labute approximate surface area is 641 Å². The molecule has 3 rings (SSSR count). The Bertz CT molecular complexity index is 3420. The van der Waals surface area contributed by atoms with Crippen LogP contribution in [0.25, 0.3) is 10.8 Å². The topological polar surface area (TPSA) is 282 Å². The number of aliphatic hydroxyl groups is 1. The van der Waals surface area contributed by atoms with Gasteiger partial charge in [0.2, 0.25) is 65.0 Å². The first kappa shape index (κ1) is 94.9. The molecule has 0 saturated carbocycles. The summed E-state index contributed by atoms with van der Waals surface area (Å²) in [4.78, 5) is 171. The molecular weight excluding hydrogens is 1360 g/mol. The Balaban J connectivity index is 0.00000149. The number of carbonyl (C=O) groups is 11. The summed E-state index contributed by atoms with van der Waals surface area (Å²) in [5.74, 6) is -3.38. The highest BCUT2D eigenvalue weighted by Gasteiger charge is 2.46. The predicted octanol–water partition coefficient (Wildman–Crippen LogP) is 8.15. The molecule has 1 aliphatic rings. The second kappa shape index (κ2) is 44.3. The normalized spacial score (nSPS) is 23.8. The lowest BCUT2D eigenvalue weighted by Gasteiger charge is -2.41. The third kappa shape index (κ3) is 29.1. The van der Waals surface area contributed by atoms with Gasteiger partial charge in [0.1, 0.15) is 60.4 Å². The molecule has 1 saturated heterocycles. The quantitative estimate of drug-likeness (QED) is 0.0657. The number of amides is 11. The zero-order chi connectivity index (χ0) is 82.0. The number of likely N-dealkylation sites (N-methyl/N-ethyl adjacent to an activating group) is 8. The van der Waals surface area contributed by atoms with Crippen LogP contribution in [0.2, 0.25) is 0 Å². The van der Waals surface area contributed by atoms with Gasteiger partial charge in [0.25, 0.3) is 0 Å². The molecule has 1 aliphatic heterocycles. The van der Waals surface area contributed by atoms with Crippen LogP contribution in [0, 0.1) is 58.7 Å². The maximum atomic E-state index is 15.1. The average Bonchev–Trinajstić information content (AvgIpc) is 0.804. The van der Waals surface area contributed by atoms with Crippen LogP contribution >= 0.6 is 0 Å². The van der Waals surface area contributed by atoms with Crippen molar-refractivity contribution in [2.24, 2.45) is 46.8 Å². The minimum atomic E-state index is -1.61. The molecule has 24 nitrogen and oxygen atoms in total. The van der Waals surface area contributed by atoms with Crippen molar-refractivity contribution in [2.45, 2.75) is 250 Å². The van der Waals surface area contributed by atoms with Crippen molar-refractivity contribution >= 4 is 75.8 Å². The first-order valence-electron chi connectivity index (χ1n) is 38.3. The number of nitrogens with zero attached hydrogens (tertiary/aromatic N) is 8. The first-order valence-corrected chi connectivity index (χ1v) is 38.3. The van der Waals surface area contributed by atoms with Crippen molar-refractivity contribution in [2.75, 3.05) is 69.5 Å². The van der Waals surface area contributed by atoms with Gasteiger partial charge in [-0.05, 0) is 151 Å². The van der Waals surface area contributed by atoms with Crippen molar-refractivity contribution in [3.8, 4) is 11.8 Å². The van der Waals surface area contributed by atoms with Gasteiger partial charge in [-0.1, -0.05) is 169 Å². The van der Waals surface area contributed by atoms with Gasteiger partial charge in [0, 0.05) is 67.8 Å². The smallest absolute Gasteiger partial charge is 0.246 e. The van der Waals surface area contributed by atoms with E-state index in [1.165, 1.54) is 104 Å². The Morgan fingerprint density at radius 3 is 1.52 bits per heavy atom. The summed E-state index contributed by atoms with van der Waals surface area (Å²) < 4.78 is 0. The minimum absolute atomic E-state index is 0.0229. The number of rotatable bonds is 19. The van der Waals surface area contributed by atoms with Crippen molar-refractivity contribution < 1.29 is 57.8 Å². The molecular formula is C83H136N12O12. The third-order valence-corrected chi connectivity index (χ3v) is 19.5. The van der Waals surface area contributed by atoms with Crippen molar-refractivity contribution in [3.63, 3.8) is 0 Å². The van der Waals surface area contributed by atoms with E-state index in [1.807, 2.05) is 67.5 Å². The van der Waals surface area contributed by atoms with Crippen LogP contribution in [0.4, 0.5) is 0 Å². The number of hydrogen-bond donors (Lipinski definition) is 5. The number of allylic oxidation sites excluding steroid dienone is 3. The SMILES string of the molecule is C/C=C/C[C@@H](C)[C@@H](O)[C@H]1C(=O)N[C@@H](CC)C(=O)N(C)CC(=O)N(C)[C@@H](CC(C)C)C(=O)N[C@@H](C(C)C)C(=O)N(C)[C@@H](CC(C)C)C(=O)N[C@@H](C)C(=O)N[C@H](C)C(=O)N(C)[C@@H](CC(C)C)C(=O)N(C)[C@@H](CC(C)C)C(=O)N(C)[C@@H](C(C)C)C(=O)N1C.CN(C/C=C/C#CC(C)(C)C)Cc1cccc2ccccc12. The summed E-state index contributed by atoms with van der Waals surface area (Å²) in [6.07, 6.45) is 7.13. The molecule has 0 spiro atoms. The number of nitrogens with one attached hydrogen (secondary N) is 4. The second-order valence-electron chi connectivity index (χ2n) is 32.8. The van der Waals surface area contributed by atoms with Gasteiger partial charge in [-0.2, -0.15) is 0 Å². The van der Waals surface area contributed by atoms with Gasteiger partial charge in [0.05, 0.1) is 12.6 Å². The molecule has 600 valence electrons. The monoisotopic (exact) mass is 1490 g/mol. The zero-order valence-electron chi connectivity index (χ0n) is 70.1. The maximum Gasteiger partial charge on any atom is 0.246 e. The number of carbonyl (C=O) groups excluding carboxylic acids is 11. The van der Waals surface area contributed by atoms with Crippen molar-refractivity contribution in [1.82, 2.24) is 60.5 Å². The highest BCUT2D eigenvalue weighted by atomic mass is 16.3. The second-order valence-corrected chi connectivity index (χ2v) is 32.8. The lowest BCUT2D eigenvalue weighted by Crippen LogP contribution is -2.63. The molecule has 11 amide bonds. The average molecular weight is 1490 g/mol. The summed E-state index contributed by atoms with van der Waals surface area (Å²) in [6, 6.07) is 2.75. The van der Waals surface area contributed by atoms with E-state index in [1.54, 1.807) is 54.5 Å². The van der Waals surface area contributed by atoms with Gasteiger partial charge in [-0.15, -0.1) is 0 Å². The Hall–Kier alpha value is -8.17. The Kier molecular flexibility index (Phi) is 39.3. The van der Waals surface area contributed by atoms with E-state index in [-0.39, 0.29) is 61.2 Å². The first-order chi connectivity index (χ1) is 49.7. The van der Waals surface area contributed by atoms with Crippen LogP contribution in [0.15, 0.2) is 66.8 Å². The van der Waals surface area contributed by atoms with Crippen molar-refractivity contribution in [3.05, 3.63) is 72.3 Å². The molecule has 0 aromatic heterocycles. The van der Waals surface area contributed by atoms with E-state index in [9.17, 15) is 48.3 Å². The number of hydrogen-bond acceptors (Lipinski definition) is 13. The lowest BCUT2D eigenvalue weighted by molar-refractivity contribution is -0.157. The highest BCUT2D eigenvalue weighted by molar-refractivity contribution is 6.00. The van der Waals surface area contributed by atoms with Gasteiger partial charge in [-0.25, -0.2) is 0 Å². The standard InChI is InChI=1S/C62H111N11O12.C21H25N/c1-25-27-28-40(15)52(75)51-56(79)65-43(26-2)58(81)67(18)33-48(74)68(19)44(29-34(3)4)55(78)66-49(38(11)12)61(84)69(20)45(30-35(5)6)54(77)63-41(16)53(76)64-42(17)57(80)70(21)46(31-36(7)8)59(82)71(22)47(32-37(9)10)60(83)72(23)50(39(13)14)62(85)73(51)24;1-21(2,3)15-8-5-9-16-22(4)17-19-13-10-12-18-11-6-7-14-20(18)19/h25,27,34-47,49-52,75H,26,28-33H2,1-24H3,(H,63,77)(H,64,76)(H,65,79)(H,66,78);5-7,9-14H,16-17H2,1-4H3/b27-25+;9-5+/t40-,41+,42-,43+,44+,45+,46+,47+,49+,50+,51+,52-;/m1./s1. The summed E-state index contributed by atoms with van der Waals surface area (Å²) in [6.45, 7) is 37.6. The number of aliphatic hydroxyl groups excluding tert-OH is 1. The molecule has 0 bridgehead atoms. The fourth-order valence-electron chi connectivity index (χ4n) is 13.0.